The van der Waals surface area contributed by atoms with Crippen molar-refractivity contribution in [2.24, 2.45) is 7.05 Å². The van der Waals surface area contributed by atoms with Gasteiger partial charge in [0.25, 0.3) is 5.91 Å². The highest BCUT2D eigenvalue weighted by Gasteiger charge is 2.25. The van der Waals surface area contributed by atoms with Crippen molar-refractivity contribution in [3.63, 3.8) is 0 Å². The fraction of sp³-hybridized carbons (Fsp3) is 0.400. The van der Waals surface area contributed by atoms with E-state index in [0.29, 0.717) is 5.69 Å². The highest BCUT2D eigenvalue weighted by Crippen LogP contribution is 2.23. The van der Waals surface area contributed by atoms with Crippen LogP contribution in [0.25, 0.3) is 11.1 Å². The number of aromatic nitrogens is 3. The van der Waals surface area contributed by atoms with E-state index in [2.05, 4.69) is 39.7 Å². The Hall–Kier alpha value is -2.99. The van der Waals surface area contributed by atoms with E-state index in [9.17, 15) is 9.90 Å². The molecule has 1 aromatic carbocycles. The van der Waals surface area contributed by atoms with Gasteiger partial charge < -0.3 is 10.4 Å². The highest BCUT2D eigenvalue weighted by molar-refractivity contribution is 5.92. The zero-order valence-corrected chi connectivity index (χ0v) is 18.4. The van der Waals surface area contributed by atoms with Gasteiger partial charge in [-0.1, -0.05) is 37.1 Å². The lowest BCUT2D eigenvalue weighted by molar-refractivity contribution is 0.0713. The lowest BCUT2D eigenvalue weighted by Gasteiger charge is -2.28. The maximum atomic E-state index is 12.8. The van der Waals surface area contributed by atoms with Crippen LogP contribution in [0, 0.1) is 13.8 Å². The van der Waals surface area contributed by atoms with Crippen LogP contribution in [0.3, 0.4) is 0 Å². The number of amides is 1. The third-order valence-corrected chi connectivity index (χ3v) is 6.29. The molecule has 1 aliphatic carbocycles. The van der Waals surface area contributed by atoms with Gasteiger partial charge in [-0.25, -0.2) is 4.98 Å². The van der Waals surface area contributed by atoms with E-state index in [1.165, 1.54) is 5.56 Å². The van der Waals surface area contributed by atoms with Crippen molar-refractivity contribution in [2.45, 2.75) is 58.1 Å². The van der Waals surface area contributed by atoms with Crippen LogP contribution in [0.5, 0.6) is 0 Å². The smallest absolute Gasteiger partial charge is 0.270 e. The van der Waals surface area contributed by atoms with Crippen LogP contribution in [0.15, 0.2) is 42.7 Å². The van der Waals surface area contributed by atoms with Crippen molar-refractivity contribution in [2.75, 3.05) is 0 Å². The van der Waals surface area contributed by atoms with E-state index < -0.39 is 6.10 Å². The first-order chi connectivity index (χ1) is 14.9. The molecule has 2 aromatic heterocycles. The Morgan fingerprint density at radius 2 is 1.90 bits per heavy atom. The van der Waals surface area contributed by atoms with E-state index >= 15 is 0 Å². The normalized spacial score (nSPS) is 18.7. The van der Waals surface area contributed by atoms with Gasteiger partial charge in [0.05, 0.1) is 18.3 Å². The lowest BCUT2D eigenvalue weighted by atomic mass is 9.92. The number of hydrogen-bond donors (Lipinski definition) is 2. The number of nitrogens with zero attached hydrogens (tertiary/aromatic N) is 3. The Bertz CT molecular complexity index is 1070. The first-order valence-electron chi connectivity index (χ1n) is 10.9. The van der Waals surface area contributed by atoms with E-state index in [0.717, 1.165) is 60.1 Å². The summed E-state index contributed by atoms with van der Waals surface area (Å²) in [5.41, 5.74) is 6.87. The predicted octanol–water partition coefficient (Wildman–Crippen LogP) is 3.72. The quantitative estimate of drug-likeness (QED) is 0.662. The van der Waals surface area contributed by atoms with Crippen LogP contribution in [0.4, 0.5) is 0 Å². The van der Waals surface area contributed by atoms with Crippen molar-refractivity contribution < 1.29 is 9.90 Å². The third kappa shape index (κ3) is 4.85. The van der Waals surface area contributed by atoms with Gasteiger partial charge >= 0.3 is 0 Å². The summed E-state index contributed by atoms with van der Waals surface area (Å²) in [5.74, 6) is -0.206. The first-order valence-corrected chi connectivity index (χ1v) is 10.9. The molecule has 1 saturated carbocycles. The number of benzene rings is 1. The molecule has 1 fully saturated rings. The molecule has 3 aromatic rings. The largest absolute Gasteiger partial charge is 0.391 e. The Balaban J connectivity index is 1.51. The highest BCUT2D eigenvalue weighted by atomic mass is 16.3. The van der Waals surface area contributed by atoms with E-state index in [-0.39, 0.29) is 11.9 Å². The number of carbonyl (C=O) groups is 1. The molecule has 2 N–H and O–H groups in total. The average Bonchev–Trinajstić information content (AvgIpc) is 3.19. The standard InChI is InChI=1S/C25H30N4O2/c1-16-17(2)27-23(25(31)28-22-6-4-5-7-24(22)30)13-20(16)12-18-8-10-19(11-9-18)21-14-26-29(3)15-21/h8-11,13-15,22,24,30H,4-7,12H2,1-3H3,(H,28,31)/t22-,24-/m0/s1. The number of pyridine rings is 1. The number of nitrogens with one attached hydrogen (secondary N) is 1. The van der Waals surface area contributed by atoms with E-state index in [1.807, 2.05) is 39.4 Å². The van der Waals surface area contributed by atoms with Gasteiger partial charge in [-0.05, 0) is 61.4 Å². The molecule has 1 aliphatic rings. The second-order valence-corrected chi connectivity index (χ2v) is 8.59. The topological polar surface area (TPSA) is 80.0 Å². The zero-order chi connectivity index (χ0) is 22.0. The maximum Gasteiger partial charge on any atom is 0.270 e. The Kier molecular flexibility index (Phi) is 6.18. The van der Waals surface area contributed by atoms with Crippen LogP contribution in [0.2, 0.25) is 0 Å². The van der Waals surface area contributed by atoms with Crippen LogP contribution < -0.4 is 5.32 Å². The zero-order valence-electron chi connectivity index (χ0n) is 18.4. The summed E-state index contributed by atoms with van der Waals surface area (Å²) in [6.45, 7) is 3.99. The summed E-state index contributed by atoms with van der Waals surface area (Å²) in [5, 5.41) is 17.4. The molecule has 0 spiro atoms. The number of aryl methyl sites for hydroxylation is 2. The minimum absolute atomic E-state index is 0.187. The van der Waals surface area contributed by atoms with E-state index in [4.69, 9.17) is 0 Å². The molecule has 6 heteroatoms. The molecule has 6 nitrogen and oxygen atoms in total. The molecule has 0 aliphatic heterocycles. The fourth-order valence-corrected chi connectivity index (χ4v) is 4.23. The van der Waals surface area contributed by atoms with Crippen molar-refractivity contribution in [1.82, 2.24) is 20.1 Å². The number of hydrogen-bond acceptors (Lipinski definition) is 4. The fourth-order valence-electron chi connectivity index (χ4n) is 4.23. The predicted molar refractivity (Wildman–Crippen MR) is 121 cm³/mol. The summed E-state index contributed by atoms with van der Waals surface area (Å²) in [6, 6.07) is 10.2. The van der Waals surface area contributed by atoms with Crippen molar-refractivity contribution >= 4 is 5.91 Å². The Labute approximate surface area is 183 Å². The average molecular weight is 419 g/mol. The summed E-state index contributed by atoms with van der Waals surface area (Å²) in [4.78, 5) is 17.4. The van der Waals surface area contributed by atoms with Crippen LogP contribution in [-0.4, -0.2) is 37.9 Å². The lowest BCUT2D eigenvalue weighted by Crippen LogP contribution is -2.45. The summed E-state index contributed by atoms with van der Waals surface area (Å²) >= 11 is 0. The van der Waals surface area contributed by atoms with Gasteiger partial charge in [0.2, 0.25) is 0 Å². The summed E-state index contributed by atoms with van der Waals surface area (Å²) in [7, 11) is 1.91. The van der Waals surface area contributed by atoms with Crippen molar-refractivity contribution in [3.05, 3.63) is 70.8 Å². The molecular formula is C25H30N4O2. The van der Waals surface area contributed by atoms with Gasteiger partial charge in [-0.3, -0.25) is 9.48 Å². The van der Waals surface area contributed by atoms with Gasteiger partial charge in [0.1, 0.15) is 5.69 Å². The number of aliphatic hydroxyl groups is 1. The molecule has 2 atom stereocenters. The maximum absolute atomic E-state index is 12.8. The van der Waals surface area contributed by atoms with E-state index in [1.54, 1.807) is 4.68 Å². The molecular weight excluding hydrogens is 388 g/mol. The van der Waals surface area contributed by atoms with Gasteiger partial charge in [0, 0.05) is 24.5 Å². The van der Waals surface area contributed by atoms with Crippen LogP contribution in [0.1, 0.15) is 58.6 Å². The monoisotopic (exact) mass is 418 g/mol. The van der Waals surface area contributed by atoms with Gasteiger partial charge in [-0.2, -0.15) is 5.10 Å². The molecule has 0 bridgehead atoms. The molecule has 0 saturated heterocycles. The minimum atomic E-state index is -0.470. The molecule has 4 rings (SSSR count). The SMILES string of the molecule is Cc1nc(C(=O)N[C@H]2CCCC[C@@H]2O)cc(Cc2ccc(-c3cnn(C)c3)cc2)c1C. The Morgan fingerprint density at radius 1 is 1.16 bits per heavy atom. The number of carbonyl (C=O) groups excluding carboxylic acids is 1. The molecule has 0 unspecified atom stereocenters. The second-order valence-electron chi connectivity index (χ2n) is 8.59. The summed E-state index contributed by atoms with van der Waals surface area (Å²) in [6.07, 6.45) is 7.72. The Morgan fingerprint density at radius 3 is 2.58 bits per heavy atom. The molecule has 31 heavy (non-hydrogen) atoms. The third-order valence-electron chi connectivity index (χ3n) is 6.29. The molecule has 1 amide bonds. The van der Waals surface area contributed by atoms with Gasteiger partial charge in [0.15, 0.2) is 0 Å². The number of aliphatic hydroxyl groups excluding tert-OH is 1. The van der Waals surface area contributed by atoms with Crippen molar-refractivity contribution in [1.29, 1.82) is 0 Å². The molecule has 0 radical (unpaired) electrons. The molecule has 2 heterocycles. The van der Waals surface area contributed by atoms with Gasteiger partial charge in [-0.15, -0.1) is 0 Å². The second kappa shape index (κ2) is 9.02. The number of rotatable bonds is 5. The first kappa shape index (κ1) is 21.2. The minimum Gasteiger partial charge on any atom is -0.391 e. The van der Waals surface area contributed by atoms with Crippen LogP contribution >= 0.6 is 0 Å². The molecule has 162 valence electrons. The van der Waals surface area contributed by atoms with Crippen molar-refractivity contribution in [3.8, 4) is 11.1 Å². The summed E-state index contributed by atoms with van der Waals surface area (Å²) < 4.78 is 1.80. The van der Waals surface area contributed by atoms with Crippen LogP contribution in [-0.2, 0) is 13.5 Å².